The first-order valence-corrected chi connectivity index (χ1v) is 9.12. The van der Waals surface area contributed by atoms with E-state index < -0.39 is 36.2 Å². The second-order valence-corrected chi connectivity index (χ2v) is 6.75. The number of aryl methyl sites for hydroxylation is 1. The molecule has 1 aliphatic rings. The minimum atomic E-state index is -1.41. The molecule has 0 radical (unpaired) electrons. The monoisotopic (exact) mass is 433 g/mol. The van der Waals surface area contributed by atoms with Gasteiger partial charge in [0, 0.05) is 62.8 Å². The number of nitrogens with one attached hydrogen (secondary N) is 1. The molecule has 0 fully saturated rings. The number of ketones is 1. The van der Waals surface area contributed by atoms with Gasteiger partial charge in [-0.25, -0.2) is 4.79 Å². The quantitative estimate of drug-likeness (QED) is 0.375. The smallest absolute Gasteiger partial charge is 0.550 e. The molecule has 0 unspecified atom stereocenters. The summed E-state index contributed by atoms with van der Waals surface area (Å²) in [6, 6.07) is 4.58. The molecule has 3 amide bonds. The van der Waals surface area contributed by atoms with Gasteiger partial charge in [0.1, 0.15) is 0 Å². The van der Waals surface area contributed by atoms with Crippen LogP contribution in [-0.2, 0) is 21.4 Å². The van der Waals surface area contributed by atoms with Crippen LogP contribution < -0.4 is 44.9 Å². The molecule has 1 aromatic heterocycles. The Hall–Kier alpha value is -2.95. The molecule has 31 heavy (non-hydrogen) atoms. The van der Waals surface area contributed by atoms with E-state index in [9.17, 15) is 24.3 Å². The number of nitrogens with zero attached hydrogens (tertiary/aromatic N) is 4. The number of amides is 3. The summed E-state index contributed by atoms with van der Waals surface area (Å²) in [5.74, 6) is -2.46. The van der Waals surface area contributed by atoms with E-state index in [0.29, 0.717) is 5.69 Å². The van der Waals surface area contributed by atoms with Gasteiger partial charge in [-0.15, -0.1) is 0 Å². The number of carbonyl (C=O) groups is 4. The SMILES string of the molecule is CN1C=CC(=O)[C@H](N(C(=O)NCCC(=O)[O-])c2cccc(-c3cnn(C)c3)c2)C1=O.[Na+]. The van der Waals surface area contributed by atoms with Crippen molar-refractivity contribution in [1.82, 2.24) is 20.0 Å². The van der Waals surface area contributed by atoms with Crippen molar-refractivity contribution >= 4 is 29.4 Å². The molecule has 0 saturated carbocycles. The summed E-state index contributed by atoms with van der Waals surface area (Å²) in [4.78, 5) is 51.1. The topological polar surface area (TPSA) is 128 Å². The molecular formula is C20H20N5NaO5. The molecule has 1 aromatic carbocycles. The molecule has 156 valence electrons. The Balaban J connectivity index is 0.00000341. The Bertz CT molecular complexity index is 1030. The van der Waals surface area contributed by atoms with Crippen LogP contribution in [0.25, 0.3) is 11.1 Å². The number of hydrogen-bond acceptors (Lipinski definition) is 6. The molecule has 1 N–H and O–H groups in total. The van der Waals surface area contributed by atoms with Crippen LogP contribution in [0.4, 0.5) is 10.5 Å². The molecule has 1 atom stereocenters. The van der Waals surface area contributed by atoms with Gasteiger partial charge in [-0.2, -0.15) is 5.10 Å². The van der Waals surface area contributed by atoms with E-state index in [4.69, 9.17) is 0 Å². The standard InChI is InChI=1S/C20H21N5O5.Na/c1-23-9-7-16(26)18(19(23)29)25(20(30)21-8-6-17(27)28)15-5-3-4-13(10-15)14-11-22-24(2)12-14;/h3-5,7,9-12,18H,6,8H2,1-2H3,(H,21,30)(H,27,28);/q;+1/p-1/t18-;/m0./s1. The van der Waals surface area contributed by atoms with E-state index >= 15 is 0 Å². The summed E-state index contributed by atoms with van der Waals surface area (Å²) in [7, 11) is 3.25. The van der Waals surface area contributed by atoms with E-state index in [1.165, 1.54) is 24.2 Å². The van der Waals surface area contributed by atoms with E-state index in [-0.39, 0.29) is 36.1 Å². The fourth-order valence-corrected chi connectivity index (χ4v) is 3.05. The van der Waals surface area contributed by atoms with Crippen molar-refractivity contribution in [3.05, 3.63) is 48.9 Å². The minimum absolute atomic E-state index is 0. The number of carboxylic acids is 1. The third-order valence-electron chi connectivity index (χ3n) is 4.56. The number of rotatable bonds is 6. The van der Waals surface area contributed by atoms with Crippen LogP contribution in [0.1, 0.15) is 6.42 Å². The van der Waals surface area contributed by atoms with Gasteiger partial charge in [0.05, 0.1) is 6.20 Å². The zero-order valence-corrected chi connectivity index (χ0v) is 19.4. The molecule has 10 nitrogen and oxygen atoms in total. The van der Waals surface area contributed by atoms with Crippen LogP contribution in [0.2, 0.25) is 0 Å². The van der Waals surface area contributed by atoms with Crippen molar-refractivity contribution in [1.29, 1.82) is 0 Å². The summed E-state index contributed by atoms with van der Waals surface area (Å²) in [5.41, 5.74) is 1.82. The average Bonchev–Trinajstić information content (AvgIpc) is 3.14. The van der Waals surface area contributed by atoms with Crippen LogP contribution in [0.5, 0.6) is 0 Å². The Kier molecular flexibility index (Phi) is 8.14. The summed E-state index contributed by atoms with van der Waals surface area (Å²) in [6.07, 6.45) is 5.59. The van der Waals surface area contributed by atoms with Crippen LogP contribution in [0, 0.1) is 0 Å². The van der Waals surface area contributed by atoms with E-state index in [1.807, 2.05) is 6.07 Å². The Morgan fingerprint density at radius 2 is 1.97 bits per heavy atom. The molecule has 2 aromatic rings. The maximum atomic E-state index is 12.9. The molecule has 1 aliphatic heterocycles. The number of hydrogen-bond donors (Lipinski definition) is 1. The largest absolute Gasteiger partial charge is 1.00 e. The molecule has 0 aliphatic carbocycles. The molecular weight excluding hydrogens is 413 g/mol. The Morgan fingerprint density at radius 3 is 2.61 bits per heavy atom. The minimum Gasteiger partial charge on any atom is -0.550 e. The van der Waals surface area contributed by atoms with Gasteiger partial charge < -0.3 is 20.1 Å². The van der Waals surface area contributed by atoms with E-state index in [1.54, 1.807) is 42.3 Å². The number of aromatic nitrogens is 2. The Morgan fingerprint density at radius 1 is 1.23 bits per heavy atom. The van der Waals surface area contributed by atoms with Crippen LogP contribution in [0.15, 0.2) is 48.9 Å². The second-order valence-electron chi connectivity index (χ2n) is 6.75. The van der Waals surface area contributed by atoms with Crippen molar-refractivity contribution in [3.63, 3.8) is 0 Å². The van der Waals surface area contributed by atoms with Gasteiger partial charge in [-0.05, 0) is 17.7 Å². The van der Waals surface area contributed by atoms with Gasteiger partial charge in [-0.1, -0.05) is 12.1 Å². The number of urea groups is 1. The van der Waals surface area contributed by atoms with Crippen molar-refractivity contribution in [3.8, 4) is 11.1 Å². The van der Waals surface area contributed by atoms with Crippen molar-refractivity contribution in [2.24, 2.45) is 7.05 Å². The van der Waals surface area contributed by atoms with Crippen molar-refractivity contribution in [2.45, 2.75) is 12.5 Å². The zero-order valence-electron chi connectivity index (χ0n) is 17.4. The van der Waals surface area contributed by atoms with Crippen molar-refractivity contribution < 1.29 is 53.8 Å². The predicted octanol–water partition coefficient (Wildman–Crippen LogP) is -3.33. The van der Waals surface area contributed by atoms with Crippen LogP contribution >= 0.6 is 0 Å². The molecule has 0 bridgehead atoms. The van der Waals surface area contributed by atoms with Gasteiger partial charge in [0.2, 0.25) is 0 Å². The first kappa shape index (κ1) is 24.3. The van der Waals surface area contributed by atoms with Crippen LogP contribution in [-0.4, -0.2) is 58.0 Å². The maximum absolute atomic E-state index is 12.9. The fraction of sp³-hybridized carbons (Fsp3) is 0.250. The molecule has 0 saturated heterocycles. The predicted molar refractivity (Wildman–Crippen MR) is 105 cm³/mol. The normalized spacial score (nSPS) is 15.4. The third kappa shape index (κ3) is 5.60. The van der Waals surface area contributed by atoms with E-state index in [2.05, 4.69) is 10.4 Å². The molecule has 3 rings (SSSR count). The first-order valence-electron chi connectivity index (χ1n) is 9.12. The average molecular weight is 433 g/mol. The van der Waals surface area contributed by atoms with Gasteiger partial charge in [-0.3, -0.25) is 19.2 Å². The number of aliphatic carboxylic acids is 1. The second kappa shape index (κ2) is 10.4. The number of anilines is 1. The van der Waals surface area contributed by atoms with Gasteiger partial charge in [0.25, 0.3) is 5.91 Å². The summed E-state index contributed by atoms with van der Waals surface area (Å²) >= 11 is 0. The summed E-state index contributed by atoms with van der Waals surface area (Å²) < 4.78 is 1.63. The Labute approximate surface area is 200 Å². The molecule has 11 heteroatoms. The van der Waals surface area contributed by atoms with Gasteiger partial charge in [0.15, 0.2) is 11.8 Å². The zero-order chi connectivity index (χ0) is 21.8. The number of likely N-dealkylation sites (N-methyl/N-ethyl adjacent to an activating group) is 1. The third-order valence-corrected chi connectivity index (χ3v) is 4.56. The maximum Gasteiger partial charge on any atom is 1.00 e. The first-order chi connectivity index (χ1) is 14.3. The molecule has 0 spiro atoms. The number of benzene rings is 1. The number of carboxylic acid groups (broad SMARTS) is 1. The summed E-state index contributed by atoms with van der Waals surface area (Å²) in [5, 5.41) is 17.2. The van der Waals surface area contributed by atoms with E-state index in [0.717, 1.165) is 16.0 Å². The van der Waals surface area contributed by atoms with Crippen molar-refractivity contribution in [2.75, 3.05) is 18.5 Å². The van der Waals surface area contributed by atoms with Crippen LogP contribution in [0.3, 0.4) is 0 Å². The summed E-state index contributed by atoms with van der Waals surface area (Å²) in [6.45, 7) is -0.208. The number of carbonyl (C=O) groups excluding carboxylic acids is 4. The molecule has 2 heterocycles. The fourth-order valence-electron chi connectivity index (χ4n) is 3.05. The van der Waals surface area contributed by atoms with Gasteiger partial charge >= 0.3 is 35.6 Å².